The third-order valence-electron chi connectivity index (χ3n) is 5.01. The molecule has 2 aromatic carbocycles. The zero-order valence-electron chi connectivity index (χ0n) is 19.1. The largest absolute Gasteiger partial charge is 0.355 e. The quantitative estimate of drug-likeness (QED) is 0.355. The Kier molecular flexibility index (Phi) is 10.8. The van der Waals surface area contributed by atoms with E-state index in [0.717, 1.165) is 10.6 Å². The van der Waals surface area contributed by atoms with Crippen LogP contribution in [0.25, 0.3) is 0 Å². The topological polar surface area (TPSA) is 86.8 Å². The minimum absolute atomic E-state index is 0.00979. The Bertz CT molecular complexity index is 1210. The van der Waals surface area contributed by atoms with Crippen LogP contribution in [0.15, 0.2) is 30.3 Å². The Morgan fingerprint density at radius 2 is 1.51 bits per heavy atom. The van der Waals surface area contributed by atoms with Gasteiger partial charge in [-0.3, -0.25) is 13.9 Å². The lowest BCUT2D eigenvalue weighted by Gasteiger charge is -2.33. The molecular weight excluding hydrogens is 580 g/mol. The molecule has 0 aliphatic carbocycles. The zero-order valence-corrected chi connectivity index (χ0v) is 23.7. The number of sulfonamides is 1. The van der Waals surface area contributed by atoms with Gasteiger partial charge in [-0.25, -0.2) is 8.42 Å². The highest BCUT2D eigenvalue weighted by Gasteiger charge is 2.32. The van der Waals surface area contributed by atoms with Gasteiger partial charge in [-0.05, 0) is 43.2 Å². The standard InChI is InChI=1S/C22H24Cl5N3O4S/c1-4-19(22(32)28-5-2)29(11-13-6-7-14(23)15(24)8-13)21(31)12-30(35(3,33)34)20-10-17(26)16(25)9-18(20)27/h6-10,19H,4-5,11-12H2,1-3H3,(H,28,32)/t19-/m1/s1. The third kappa shape index (κ3) is 7.78. The Hall–Kier alpha value is -1.42. The minimum Gasteiger partial charge on any atom is -0.355 e. The molecule has 0 unspecified atom stereocenters. The van der Waals surface area contributed by atoms with Crippen molar-refractivity contribution >= 4 is 85.5 Å². The molecule has 2 rings (SSSR count). The molecule has 0 fully saturated rings. The lowest BCUT2D eigenvalue weighted by molar-refractivity contribution is -0.140. The minimum atomic E-state index is -3.99. The molecule has 0 bridgehead atoms. The second kappa shape index (κ2) is 12.7. The molecule has 0 aliphatic heterocycles. The van der Waals surface area contributed by atoms with Crippen molar-refractivity contribution in [1.82, 2.24) is 10.2 Å². The van der Waals surface area contributed by atoms with E-state index in [1.165, 1.54) is 17.0 Å². The van der Waals surface area contributed by atoms with Gasteiger partial charge in [0.15, 0.2) is 0 Å². The summed E-state index contributed by atoms with van der Waals surface area (Å²) in [5.74, 6) is -1.01. The highest BCUT2D eigenvalue weighted by atomic mass is 35.5. The Labute approximate surface area is 230 Å². The van der Waals surface area contributed by atoms with Crippen LogP contribution in [0, 0.1) is 0 Å². The van der Waals surface area contributed by atoms with Gasteiger partial charge in [0.25, 0.3) is 0 Å². The summed E-state index contributed by atoms with van der Waals surface area (Å²) in [6, 6.07) is 6.52. The van der Waals surface area contributed by atoms with E-state index in [1.807, 2.05) is 0 Å². The van der Waals surface area contributed by atoms with Crippen LogP contribution >= 0.6 is 58.0 Å². The number of nitrogens with zero attached hydrogens (tertiary/aromatic N) is 2. The lowest BCUT2D eigenvalue weighted by Crippen LogP contribution is -2.52. The van der Waals surface area contributed by atoms with Crippen molar-refractivity contribution in [2.24, 2.45) is 0 Å². The molecule has 0 aromatic heterocycles. The molecular formula is C22H24Cl5N3O4S. The number of nitrogens with one attached hydrogen (secondary N) is 1. The van der Waals surface area contributed by atoms with E-state index in [2.05, 4.69) is 5.32 Å². The molecule has 0 aliphatic rings. The van der Waals surface area contributed by atoms with E-state index in [0.29, 0.717) is 17.1 Å². The van der Waals surface area contributed by atoms with E-state index < -0.39 is 28.5 Å². The first kappa shape index (κ1) is 29.8. The van der Waals surface area contributed by atoms with Gasteiger partial charge in [-0.2, -0.15) is 0 Å². The number of rotatable bonds is 10. The van der Waals surface area contributed by atoms with E-state index in [9.17, 15) is 18.0 Å². The first-order chi connectivity index (χ1) is 16.3. The summed E-state index contributed by atoms with van der Waals surface area (Å²) < 4.78 is 26.2. The number of carbonyl (C=O) groups excluding carboxylic acids is 2. The number of hydrogen-bond acceptors (Lipinski definition) is 4. The number of carbonyl (C=O) groups is 2. The van der Waals surface area contributed by atoms with Crippen molar-refractivity contribution in [2.45, 2.75) is 32.9 Å². The van der Waals surface area contributed by atoms with Crippen molar-refractivity contribution in [1.29, 1.82) is 0 Å². The van der Waals surface area contributed by atoms with Crippen molar-refractivity contribution < 1.29 is 18.0 Å². The van der Waals surface area contributed by atoms with Crippen LogP contribution in [0.2, 0.25) is 25.1 Å². The number of hydrogen-bond donors (Lipinski definition) is 1. The molecule has 35 heavy (non-hydrogen) atoms. The lowest BCUT2D eigenvalue weighted by atomic mass is 10.1. The van der Waals surface area contributed by atoms with Crippen LogP contribution in [-0.2, 0) is 26.2 Å². The average Bonchev–Trinajstić information content (AvgIpc) is 2.76. The summed E-state index contributed by atoms with van der Waals surface area (Å²) in [4.78, 5) is 27.7. The Balaban J connectivity index is 2.52. The molecule has 0 spiro atoms. The molecule has 2 aromatic rings. The predicted octanol–water partition coefficient (Wildman–Crippen LogP) is 5.66. The van der Waals surface area contributed by atoms with Crippen molar-refractivity contribution in [3.63, 3.8) is 0 Å². The average molecular weight is 604 g/mol. The second-order valence-corrected chi connectivity index (χ2v) is 11.5. The van der Waals surface area contributed by atoms with Gasteiger partial charge in [0.2, 0.25) is 21.8 Å². The predicted molar refractivity (Wildman–Crippen MR) is 143 cm³/mol. The maximum Gasteiger partial charge on any atom is 0.244 e. The molecule has 7 nitrogen and oxygen atoms in total. The first-order valence-corrected chi connectivity index (χ1v) is 14.2. The van der Waals surface area contributed by atoms with Gasteiger partial charge in [0.1, 0.15) is 12.6 Å². The fraction of sp³-hybridized carbons (Fsp3) is 0.364. The van der Waals surface area contributed by atoms with Gasteiger partial charge >= 0.3 is 0 Å². The normalized spacial score (nSPS) is 12.2. The van der Waals surface area contributed by atoms with E-state index in [1.54, 1.807) is 32.0 Å². The summed E-state index contributed by atoms with van der Waals surface area (Å²) in [6.45, 7) is 3.22. The summed E-state index contributed by atoms with van der Waals surface area (Å²) in [6.07, 6.45) is 1.22. The maximum absolute atomic E-state index is 13.6. The van der Waals surface area contributed by atoms with Gasteiger partial charge in [-0.1, -0.05) is 71.0 Å². The molecule has 1 atom stereocenters. The smallest absolute Gasteiger partial charge is 0.244 e. The third-order valence-corrected chi connectivity index (χ3v) is 7.90. The highest BCUT2D eigenvalue weighted by molar-refractivity contribution is 7.92. The van der Waals surface area contributed by atoms with E-state index in [4.69, 9.17) is 58.0 Å². The number of likely N-dealkylation sites (N-methyl/N-ethyl adjacent to an activating group) is 1. The van der Waals surface area contributed by atoms with Crippen LogP contribution in [0.3, 0.4) is 0 Å². The van der Waals surface area contributed by atoms with Crippen molar-refractivity contribution in [3.05, 3.63) is 61.0 Å². The molecule has 0 saturated heterocycles. The molecule has 192 valence electrons. The van der Waals surface area contributed by atoms with Gasteiger partial charge < -0.3 is 10.2 Å². The van der Waals surface area contributed by atoms with Crippen LogP contribution in [0.5, 0.6) is 0 Å². The second-order valence-electron chi connectivity index (χ2n) is 7.58. The summed E-state index contributed by atoms with van der Waals surface area (Å²) in [7, 11) is -3.99. The van der Waals surface area contributed by atoms with Crippen molar-refractivity contribution in [2.75, 3.05) is 23.7 Å². The van der Waals surface area contributed by atoms with Crippen LogP contribution < -0.4 is 9.62 Å². The summed E-state index contributed by atoms with van der Waals surface area (Å²) >= 11 is 30.4. The monoisotopic (exact) mass is 601 g/mol. The highest BCUT2D eigenvalue weighted by Crippen LogP contribution is 2.35. The molecule has 0 saturated carbocycles. The molecule has 0 radical (unpaired) electrons. The van der Waals surface area contributed by atoms with Gasteiger partial charge in [-0.15, -0.1) is 0 Å². The SMILES string of the molecule is CCNC(=O)[C@@H](CC)N(Cc1ccc(Cl)c(Cl)c1)C(=O)CN(c1cc(Cl)c(Cl)cc1Cl)S(C)(=O)=O. The van der Waals surface area contributed by atoms with Crippen LogP contribution in [0.4, 0.5) is 5.69 Å². The number of anilines is 1. The number of halogens is 5. The molecule has 13 heteroatoms. The van der Waals surface area contributed by atoms with Crippen LogP contribution in [-0.4, -0.2) is 50.5 Å². The van der Waals surface area contributed by atoms with Crippen LogP contribution in [0.1, 0.15) is 25.8 Å². The Morgan fingerprint density at radius 1 is 0.914 bits per heavy atom. The van der Waals surface area contributed by atoms with Gasteiger partial charge in [0, 0.05) is 13.1 Å². The van der Waals surface area contributed by atoms with Gasteiger partial charge in [0.05, 0.1) is 37.1 Å². The fourth-order valence-corrected chi connectivity index (χ4v) is 5.21. The van der Waals surface area contributed by atoms with E-state index in [-0.39, 0.29) is 44.7 Å². The Morgan fingerprint density at radius 3 is 2.06 bits per heavy atom. The number of amides is 2. The number of benzene rings is 2. The van der Waals surface area contributed by atoms with Crippen molar-refractivity contribution in [3.8, 4) is 0 Å². The first-order valence-electron chi connectivity index (χ1n) is 10.4. The zero-order chi connectivity index (χ0) is 26.5. The summed E-state index contributed by atoms with van der Waals surface area (Å²) in [5, 5.41) is 3.51. The van der Waals surface area contributed by atoms with E-state index >= 15 is 0 Å². The fourth-order valence-electron chi connectivity index (χ4n) is 3.34. The molecule has 1 N–H and O–H groups in total. The molecule has 2 amide bonds. The maximum atomic E-state index is 13.6. The molecule has 0 heterocycles. The summed E-state index contributed by atoms with van der Waals surface area (Å²) in [5.41, 5.74) is 0.589.